The monoisotopic (exact) mass is 314 g/mol. The van der Waals surface area contributed by atoms with Crippen LogP contribution in [0.5, 0.6) is 0 Å². The molecule has 0 unspecified atom stereocenters. The number of H-pyrrole nitrogens is 1. The SMILES string of the molecule is Cn1c[n+]([C@@H]2O[C@H](CS)[C@@H](O)[C@H]2O)c2nc(N)[nH]c(=O)c21. The molecule has 1 saturated heterocycles. The fourth-order valence-electron chi connectivity index (χ4n) is 2.57. The molecule has 0 aromatic carbocycles. The number of nitrogens with two attached hydrogens (primary N) is 1. The number of hydrogen-bond acceptors (Lipinski definition) is 7. The first kappa shape index (κ1) is 14.3. The van der Waals surface area contributed by atoms with Crippen LogP contribution in [0, 0.1) is 0 Å². The van der Waals surface area contributed by atoms with Gasteiger partial charge in [0, 0.05) is 5.75 Å². The van der Waals surface area contributed by atoms with E-state index >= 15 is 0 Å². The van der Waals surface area contributed by atoms with Crippen molar-refractivity contribution < 1.29 is 19.5 Å². The summed E-state index contributed by atoms with van der Waals surface area (Å²) in [6.45, 7) is 0. The van der Waals surface area contributed by atoms with Crippen LogP contribution in [-0.4, -0.2) is 48.8 Å². The Morgan fingerprint density at radius 3 is 2.90 bits per heavy atom. The highest BCUT2D eigenvalue weighted by Gasteiger charge is 2.46. The molecule has 0 bridgehead atoms. The molecule has 1 aliphatic heterocycles. The van der Waals surface area contributed by atoms with Crippen LogP contribution in [0.1, 0.15) is 6.23 Å². The zero-order chi connectivity index (χ0) is 15.3. The fourth-order valence-corrected chi connectivity index (χ4v) is 2.87. The summed E-state index contributed by atoms with van der Waals surface area (Å²) < 4.78 is 8.64. The van der Waals surface area contributed by atoms with E-state index in [2.05, 4.69) is 22.6 Å². The predicted octanol–water partition coefficient (Wildman–Crippen LogP) is -2.32. The Morgan fingerprint density at radius 2 is 2.29 bits per heavy atom. The number of aromatic amines is 1. The summed E-state index contributed by atoms with van der Waals surface area (Å²) in [5, 5.41) is 20.1. The van der Waals surface area contributed by atoms with Gasteiger partial charge in [-0.1, -0.05) is 4.98 Å². The van der Waals surface area contributed by atoms with Crippen LogP contribution in [-0.2, 0) is 11.8 Å². The third kappa shape index (κ3) is 2.11. The van der Waals surface area contributed by atoms with Crippen molar-refractivity contribution in [3.63, 3.8) is 0 Å². The first-order valence-electron chi connectivity index (χ1n) is 6.32. The van der Waals surface area contributed by atoms with Crippen LogP contribution in [0.15, 0.2) is 11.1 Å². The fraction of sp³-hybridized carbons (Fsp3) is 0.545. The molecule has 1 fully saturated rings. The minimum absolute atomic E-state index is 0.0359. The van der Waals surface area contributed by atoms with E-state index in [9.17, 15) is 15.0 Å². The van der Waals surface area contributed by atoms with Crippen LogP contribution < -0.4 is 15.9 Å². The Balaban J connectivity index is 2.16. The molecule has 0 aliphatic carbocycles. The van der Waals surface area contributed by atoms with Crippen LogP contribution in [0.2, 0.25) is 0 Å². The molecule has 2 aromatic rings. The Hall–Kier alpha value is -1.62. The molecule has 3 heterocycles. The zero-order valence-electron chi connectivity index (χ0n) is 11.2. The minimum Gasteiger partial charge on any atom is -0.387 e. The van der Waals surface area contributed by atoms with Gasteiger partial charge in [0.05, 0.1) is 13.2 Å². The highest BCUT2D eigenvalue weighted by atomic mass is 32.1. The van der Waals surface area contributed by atoms with Gasteiger partial charge < -0.3 is 20.7 Å². The molecule has 1 aliphatic rings. The maximum absolute atomic E-state index is 11.9. The number of aryl methyl sites for hydroxylation is 1. The molecular weight excluding hydrogens is 298 g/mol. The summed E-state index contributed by atoms with van der Waals surface area (Å²) in [5.41, 5.74) is 5.74. The standard InChI is InChI=1S/C11H15N5O4S/c1-15-3-16(8-5(15)9(19)14-11(12)13-8)10-7(18)6(17)4(2-21)20-10/h3-4,6-7,10,17-18H,2H2,1H3,(H3-,12,13,14,19,21)/p+1/t4-,6-,7-,10-/m1/s1. The lowest BCUT2D eigenvalue weighted by Gasteiger charge is -2.11. The number of thiol groups is 1. The third-order valence-corrected chi connectivity index (χ3v) is 3.94. The molecular formula is C11H16N5O4S+. The summed E-state index contributed by atoms with van der Waals surface area (Å²) in [6, 6.07) is 0. The number of hydrogen-bond donors (Lipinski definition) is 5. The number of aliphatic hydroxyl groups is 2. The molecule has 4 atom stereocenters. The average Bonchev–Trinajstić information content (AvgIpc) is 2.89. The van der Waals surface area contributed by atoms with E-state index in [-0.39, 0.29) is 17.3 Å². The summed E-state index contributed by atoms with van der Waals surface area (Å²) in [6.07, 6.45) is -2.12. The number of aromatic nitrogens is 4. The number of anilines is 1. The molecule has 0 spiro atoms. The lowest BCUT2D eigenvalue weighted by atomic mass is 10.1. The second kappa shape index (κ2) is 4.98. The minimum atomic E-state index is -1.15. The van der Waals surface area contributed by atoms with E-state index in [0.29, 0.717) is 5.52 Å². The number of imidazole rings is 1. The molecule has 0 radical (unpaired) electrons. The van der Waals surface area contributed by atoms with Gasteiger partial charge in [-0.15, -0.1) is 0 Å². The molecule has 10 heteroatoms. The van der Waals surface area contributed by atoms with Crippen LogP contribution in [0.4, 0.5) is 5.95 Å². The summed E-state index contributed by atoms with van der Waals surface area (Å²) in [5.74, 6) is 0.224. The van der Waals surface area contributed by atoms with E-state index in [1.807, 2.05) is 0 Å². The maximum atomic E-state index is 11.9. The van der Waals surface area contributed by atoms with Gasteiger partial charge in [-0.25, -0.2) is 4.57 Å². The Morgan fingerprint density at radius 1 is 1.57 bits per heavy atom. The van der Waals surface area contributed by atoms with Crippen molar-refractivity contribution >= 4 is 29.7 Å². The van der Waals surface area contributed by atoms with Gasteiger partial charge in [-0.3, -0.25) is 14.3 Å². The number of rotatable bonds is 2. The van der Waals surface area contributed by atoms with Crippen LogP contribution in [0.3, 0.4) is 0 Å². The average molecular weight is 314 g/mol. The topological polar surface area (TPSA) is 130 Å². The first-order valence-corrected chi connectivity index (χ1v) is 6.95. The smallest absolute Gasteiger partial charge is 0.313 e. The summed E-state index contributed by atoms with van der Waals surface area (Å²) >= 11 is 4.08. The largest absolute Gasteiger partial charge is 0.387 e. The molecule has 9 nitrogen and oxygen atoms in total. The van der Waals surface area contributed by atoms with Gasteiger partial charge in [0.25, 0.3) is 11.5 Å². The lowest BCUT2D eigenvalue weighted by Crippen LogP contribution is -2.46. The van der Waals surface area contributed by atoms with Gasteiger partial charge in [0.2, 0.25) is 11.7 Å². The summed E-state index contributed by atoms with van der Waals surface area (Å²) in [4.78, 5) is 18.4. The predicted molar refractivity (Wildman–Crippen MR) is 75.7 cm³/mol. The molecule has 5 N–H and O–H groups in total. The van der Waals surface area contributed by atoms with Crippen molar-refractivity contribution in [2.24, 2.45) is 7.05 Å². The number of nitrogen functional groups attached to an aromatic ring is 1. The third-order valence-electron chi connectivity index (χ3n) is 3.58. The van der Waals surface area contributed by atoms with Crippen molar-refractivity contribution in [2.45, 2.75) is 24.5 Å². The van der Waals surface area contributed by atoms with E-state index < -0.39 is 30.1 Å². The van der Waals surface area contributed by atoms with Gasteiger partial charge in [0.15, 0.2) is 6.33 Å². The first-order chi connectivity index (χ1) is 9.93. The molecule has 0 amide bonds. The number of aliphatic hydroxyl groups excluding tert-OH is 2. The van der Waals surface area contributed by atoms with Crippen LogP contribution >= 0.6 is 12.6 Å². The number of nitrogens with one attached hydrogen (secondary N) is 1. The second-order valence-corrected chi connectivity index (χ2v) is 5.35. The molecule has 0 saturated carbocycles. The lowest BCUT2D eigenvalue weighted by molar-refractivity contribution is -0.745. The Bertz CT molecular complexity index is 744. The van der Waals surface area contributed by atoms with Crippen LogP contribution in [0.25, 0.3) is 11.2 Å². The van der Waals surface area contributed by atoms with E-state index in [1.165, 1.54) is 4.57 Å². The van der Waals surface area contributed by atoms with Crippen molar-refractivity contribution in [2.75, 3.05) is 11.5 Å². The summed E-state index contributed by atoms with van der Waals surface area (Å²) in [7, 11) is 1.67. The van der Waals surface area contributed by atoms with Gasteiger partial charge >= 0.3 is 5.65 Å². The second-order valence-electron chi connectivity index (χ2n) is 4.99. The van der Waals surface area contributed by atoms with Gasteiger partial charge in [-0.05, 0) is 0 Å². The van der Waals surface area contributed by atoms with Crippen molar-refractivity contribution in [3.05, 3.63) is 16.7 Å². The zero-order valence-corrected chi connectivity index (χ0v) is 12.1. The highest BCUT2D eigenvalue weighted by molar-refractivity contribution is 7.80. The van der Waals surface area contributed by atoms with Gasteiger partial charge in [0.1, 0.15) is 12.2 Å². The maximum Gasteiger partial charge on any atom is 0.313 e. The Kier molecular flexibility index (Phi) is 3.40. The van der Waals surface area contributed by atoms with E-state index in [1.54, 1.807) is 17.9 Å². The van der Waals surface area contributed by atoms with Crippen molar-refractivity contribution in [3.8, 4) is 0 Å². The highest BCUT2D eigenvalue weighted by Crippen LogP contribution is 2.27. The van der Waals surface area contributed by atoms with Crippen molar-refractivity contribution in [1.82, 2.24) is 14.5 Å². The number of fused-ring (bicyclic) bond motifs is 1. The molecule has 21 heavy (non-hydrogen) atoms. The number of nitrogens with zero attached hydrogens (tertiary/aromatic N) is 3. The molecule has 114 valence electrons. The quantitative estimate of drug-likeness (QED) is 0.312. The van der Waals surface area contributed by atoms with Gasteiger partial charge in [-0.2, -0.15) is 12.6 Å². The van der Waals surface area contributed by atoms with E-state index in [4.69, 9.17) is 10.5 Å². The number of ether oxygens (including phenoxy) is 1. The Labute approximate surface area is 124 Å². The van der Waals surface area contributed by atoms with Crippen molar-refractivity contribution in [1.29, 1.82) is 0 Å². The normalized spacial score (nSPS) is 29.3. The van der Waals surface area contributed by atoms with E-state index in [0.717, 1.165) is 0 Å². The molecule has 3 rings (SSSR count). The molecule has 2 aromatic heterocycles.